The van der Waals surface area contributed by atoms with Crippen molar-refractivity contribution in [1.82, 2.24) is 15.1 Å². The van der Waals surface area contributed by atoms with E-state index in [-0.39, 0.29) is 11.6 Å². The van der Waals surface area contributed by atoms with Crippen LogP contribution in [0.5, 0.6) is 0 Å². The number of carbonyl (C=O) groups excluding carboxylic acids is 1. The molecule has 6 heteroatoms. The van der Waals surface area contributed by atoms with Crippen LogP contribution in [0.1, 0.15) is 42.9 Å². The molecule has 6 nitrogen and oxygen atoms in total. The number of H-pyrrole nitrogens is 1. The summed E-state index contributed by atoms with van der Waals surface area (Å²) in [4.78, 5) is 23.8. The Hall–Kier alpha value is -1.85. The second kappa shape index (κ2) is 4.99. The summed E-state index contributed by atoms with van der Waals surface area (Å²) in [5.41, 5.74) is 1.09. The Bertz CT molecular complexity index is 425. The second-order valence-corrected chi connectivity index (χ2v) is 4.29. The molecule has 94 valence electrons. The highest BCUT2D eigenvalue weighted by atomic mass is 16.4. The lowest BCUT2D eigenvalue weighted by Crippen LogP contribution is -2.40. The lowest BCUT2D eigenvalue weighted by Gasteiger charge is -2.20. The van der Waals surface area contributed by atoms with Gasteiger partial charge in [0.05, 0.1) is 0 Å². The van der Waals surface area contributed by atoms with E-state index >= 15 is 0 Å². The number of rotatable bonds is 4. The quantitative estimate of drug-likeness (QED) is 0.823. The molecule has 1 unspecified atom stereocenters. The molecule has 1 rings (SSSR count). The van der Waals surface area contributed by atoms with Gasteiger partial charge in [-0.1, -0.05) is 13.8 Å². The lowest BCUT2D eigenvalue weighted by atomic mass is 10.1. The van der Waals surface area contributed by atoms with E-state index in [1.165, 1.54) is 14.0 Å². The summed E-state index contributed by atoms with van der Waals surface area (Å²) < 4.78 is 0. The Morgan fingerprint density at radius 1 is 1.41 bits per heavy atom. The van der Waals surface area contributed by atoms with E-state index in [1.54, 1.807) is 6.07 Å². The van der Waals surface area contributed by atoms with Gasteiger partial charge in [0.1, 0.15) is 11.7 Å². The Labute approximate surface area is 99.6 Å². The molecular weight excluding hydrogens is 222 g/mol. The third-order valence-electron chi connectivity index (χ3n) is 2.70. The first kappa shape index (κ1) is 13.2. The third kappa shape index (κ3) is 2.83. The average Bonchev–Trinajstić information content (AvgIpc) is 2.75. The normalized spacial score (nSPS) is 12.5. The van der Waals surface area contributed by atoms with Gasteiger partial charge >= 0.3 is 5.97 Å². The molecule has 0 aliphatic rings. The monoisotopic (exact) mass is 239 g/mol. The number of carbonyl (C=O) groups is 2. The van der Waals surface area contributed by atoms with Crippen molar-refractivity contribution in [3.63, 3.8) is 0 Å². The zero-order valence-corrected chi connectivity index (χ0v) is 10.4. The van der Waals surface area contributed by atoms with Gasteiger partial charge in [-0.25, -0.2) is 4.79 Å². The summed E-state index contributed by atoms with van der Waals surface area (Å²) in [6.07, 6.45) is 0. The minimum Gasteiger partial charge on any atom is -0.480 e. The molecule has 0 aliphatic carbocycles. The maximum Gasteiger partial charge on any atom is 0.326 e. The Kier molecular flexibility index (Phi) is 3.88. The molecule has 0 radical (unpaired) electrons. The highest BCUT2D eigenvalue weighted by Gasteiger charge is 2.24. The number of hydrogen-bond donors (Lipinski definition) is 2. The maximum absolute atomic E-state index is 11.9. The minimum atomic E-state index is -1.04. The van der Waals surface area contributed by atoms with Gasteiger partial charge in [0, 0.05) is 12.7 Å². The number of nitrogens with zero attached hydrogens (tertiary/aromatic N) is 2. The molecule has 1 aromatic heterocycles. The van der Waals surface area contributed by atoms with E-state index in [0.717, 1.165) is 10.6 Å². The molecule has 0 aromatic carbocycles. The summed E-state index contributed by atoms with van der Waals surface area (Å²) in [6.45, 7) is 5.41. The molecule has 1 heterocycles. The van der Waals surface area contributed by atoms with Crippen LogP contribution >= 0.6 is 0 Å². The van der Waals surface area contributed by atoms with Crippen LogP contribution in [0, 0.1) is 0 Å². The van der Waals surface area contributed by atoms with E-state index in [0.29, 0.717) is 0 Å². The number of hydrogen-bond acceptors (Lipinski definition) is 3. The number of aromatic amines is 1. The number of carboxylic acids is 1. The molecule has 17 heavy (non-hydrogen) atoms. The van der Waals surface area contributed by atoms with Gasteiger partial charge in [0.25, 0.3) is 5.91 Å². The largest absolute Gasteiger partial charge is 0.480 e. The van der Waals surface area contributed by atoms with Crippen molar-refractivity contribution in [1.29, 1.82) is 0 Å². The molecule has 0 saturated heterocycles. The van der Waals surface area contributed by atoms with Gasteiger partial charge in [-0.05, 0) is 18.9 Å². The number of nitrogens with one attached hydrogen (secondary N) is 1. The van der Waals surface area contributed by atoms with E-state index in [1.807, 2.05) is 13.8 Å². The van der Waals surface area contributed by atoms with Crippen molar-refractivity contribution >= 4 is 11.9 Å². The molecule has 0 saturated carbocycles. The van der Waals surface area contributed by atoms with Crippen LogP contribution in [0.15, 0.2) is 6.07 Å². The van der Waals surface area contributed by atoms with Crippen LogP contribution in [0.3, 0.4) is 0 Å². The first-order chi connectivity index (χ1) is 7.84. The summed E-state index contributed by atoms with van der Waals surface area (Å²) in [6, 6.07) is 0.777. The van der Waals surface area contributed by atoms with Crippen molar-refractivity contribution in [2.24, 2.45) is 0 Å². The number of likely N-dealkylation sites (N-methyl/N-ethyl adjacent to an activating group) is 1. The predicted molar refractivity (Wildman–Crippen MR) is 61.9 cm³/mol. The Morgan fingerprint density at radius 2 is 2.00 bits per heavy atom. The van der Waals surface area contributed by atoms with Gasteiger partial charge in [-0.2, -0.15) is 5.10 Å². The first-order valence-electron chi connectivity index (χ1n) is 5.39. The van der Waals surface area contributed by atoms with Crippen LogP contribution < -0.4 is 0 Å². The Morgan fingerprint density at radius 3 is 2.41 bits per heavy atom. The van der Waals surface area contributed by atoms with Gasteiger partial charge in [0.2, 0.25) is 0 Å². The zero-order valence-electron chi connectivity index (χ0n) is 10.4. The number of amides is 1. The highest BCUT2D eigenvalue weighted by molar-refractivity contribution is 5.94. The third-order valence-corrected chi connectivity index (χ3v) is 2.70. The van der Waals surface area contributed by atoms with E-state index in [9.17, 15) is 9.59 Å². The Balaban J connectivity index is 2.85. The van der Waals surface area contributed by atoms with Crippen LogP contribution in [-0.4, -0.2) is 45.2 Å². The molecule has 0 aliphatic heterocycles. The predicted octanol–water partition coefficient (Wildman–Crippen LogP) is 1.08. The summed E-state index contributed by atoms with van der Waals surface area (Å²) in [5.74, 6) is -1.20. The first-order valence-corrected chi connectivity index (χ1v) is 5.39. The van der Waals surface area contributed by atoms with Crippen LogP contribution in [-0.2, 0) is 4.79 Å². The van der Waals surface area contributed by atoms with Gasteiger partial charge in [0.15, 0.2) is 0 Å². The minimum absolute atomic E-state index is 0.240. The van der Waals surface area contributed by atoms with Crippen molar-refractivity contribution in [3.8, 4) is 0 Å². The van der Waals surface area contributed by atoms with Crippen molar-refractivity contribution in [2.45, 2.75) is 32.7 Å². The van der Waals surface area contributed by atoms with Gasteiger partial charge in [-0.3, -0.25) is 9.89 Å². The number of carboxylic acid groups (broad SMARTS) is 1. The van der Waals surface area contributed by atoms with Crippen molar-refractivity contribution in [2.75, 3.05) is 7.05 Å². The SMILES string of the molecule is CC(C)c1cc(C(=O)N(C)C(C)C(=O)O)n[nH]1. The molecular formula is C11H17N3O3. The molecule has 0 bridgehead atoms. The fourth-order valence-corrected chi connectivity index (χ4v) is 1.26. The molecule has 0 fully saturated rings. The number of aromatic nitrogens is 2. The van der Waals surface area contributed by atoms with Gasteiger partial charge < -0.3 is 10.0 Å². The van der Waals surface area contributed by atoms with Crippen LogP contribution in [0.2, 0.25) is 0 Å². The summed E-state index contributed by atoms with van der Waals surface area (Å²) in [7, 11) is 1.45. The fourth-order valence-electron chi connectivity index (χ4n) is 1.26. The topological polar surface area (TPSA) is 86.3 Å². The van der Waals surface area contributed by atoms with Gasteiger partial charge in [-0.15, -0.1) is 0 Å². The number of aliphatic carboxylic acids is 1. The van der Waals surface area contributed by atoms with Crippen molar-refractivity contribution in [3.05, 3.63) is 17.5 Å². The molecule has 1 atom stereocenters. The maximum atomic E-state index is 11.9. The molecule has 0 spiro atoms. The highest BCUT2D eigenvalue weighted by Crippen LogP contribution is 2.13. The zero-order chi connectivity index (χ0) is 13.2. The van der Waals surface area contributed by atoms with Crippen LogP contribution in [0.4, 0.5) is 0 Å². The van der Waals surface area contributed by atoms with E-state index in [4.69, 9.17) is 5.11 Å². The smallest absolute Gasteiger partial charge is 0.326 e. The summed E-state index contributed by atoms with van der Waals surface area (Å²) in [5, 5.41) is 15.5. The van der Waals surface area contributed by atoms with E-state index in [2.05, 4.69) is 10.2 Å². The van der Waals surface area contributed by atoms with Crippen LogP contribution in [0.25, 0.3) is 0 Å². The molecule has 1 amide bonds. The second-order valence-electron chi connectivity index (χ2n) is 4.29. The average molecular weight is 239 g/mol. The fraction of sp³-hybridized carbons (Fsp3) is 0.545. The van der Waals surface area contributed by atoms with Crippen molar-refractivity contribution < 1.29 is 14.7 Å². The molecule has 2 N–H and O–H groups in total. The molecule has 1 aromatic rings. The lowest BCUT2D eigenvalue weighted by molar-refractivity contribution is -0.141. The van der Waals surface area contributed by atoms with E-state index < -0.39 is 17.9 Å². The summed E-state index contributed by atoms with van der Waals surface area (Å²) >= 11 is 0. The standard InChI is InChI=1S/C11H17N3O3/c1-6(2)8-5-9(13-12-8)10(15)14(4)7(3)11(16)17/h5-7H,1-4H3,(H,12,13)(H,16,17).